The van der Waals surface area contributed by atoms with Gasteiger partial charge < -0.3 is 10.5 Å². The van der Waals surface area contributed by atoms with Crippen LogP contribution in [0.3, 0.4) is 0 Å². The molecule has 0 fully saturated rings. The van der Waals surface area contributed by atoms with E-state index in [-0.39, 0.29) is 34.0 Å². The maximum Gasteiger partial charge on any atom is 0.342 e. The Morgan fingerprint density at radius 2 is 2.14 bits per heavy atom. The molecule has 2 N–H and O–H groups in total. The van der Waals surface area contributed by atoms with Gasteiger partial charge in [-0.3, -0.25) is 0 Å². The second-order valence-corrected chi connectivity index (χ2v) is 4.61. The Morgan fingerprint density at radius 1 is 1.38 bits per heavy atom. The lowest BCUT2D eigenvalue weighted by atomic mass is 10.1. The first-order valence-electron chi connectivity index (χ1n) is 5.92. The number of nitriles is 1. The largest absolute Gasteiger partial charge is 0.457 e. The molecule has 0 unspecified atom stereocenters. The fourth-order valence-electron chi connectivity index (χ4n) is 1.73. The number of carbonyl (C=O) groups is 1. The number of rotatable bonds is 3. The molecule has 0 aliphatic rings. The van der Waals surface area contributed by atoms with E-state index < -0.39 is 11.8 Å². The summed E-state index contributed by atoms with van der Waals surface area (Å²) in [6.07, 6.45) is 0. The lowest BCUT2D eigenvalue weighted by molar-refractivity contribution is 0.0470. The van der Waals surface area contributed by atoms with Crippen LogP contribution >= 0.6 is 11.6 Å². The van der Waals surface area contributed by atoms with E-state index in [4.69, 9.17) is 27.3 Å². The summed E-state index contributed by atoms with van der Waals surface area (Å²) in [6.45, 7) is -0.315. The van der Waals surface area contributed by atoms with Gasteiger partial charge in [-0.05, 0) is 30.3 Å². The van der Waals surface area contributed by atoms with Crippen molar-refractivity contribution < 1.29 is 13.9 Å². The Morgan fingerprint density at radius 3 is 2.81 bits per heavy atom. The molecule has 4 nitrogen and oxygen atoms in total. The van der Waals surface area contributed by atoms with Crippen LogP contribution in [0.1, 0.15) is 21.5 Å². The summed E-state index contributed by atoms with van der Waals surface area (Å²) in [5.41, 5.74) is 6.26. The second-order valence-electron chi connectivity index (χ2n) is 4.20. The number of hydrogen-bond donors (Lipinski definition) is 1. The third-order valence-corrected chi connectivity index (χ3v) is 3.10. The Bertz CT molecular complexity index is 721. The zero-order valence-electron chi connectivity index (χ0n) is 10.8. The summed E-state index contributed by atoms with van der Waals surface area (Å²) in [5, 5.41) is 8.93. The van der Waals surface area contributed by atoms with Crippen molar-refractivity contribution in [2.24, 2.45) is 0 Å². The molecule has 0 heterocycles. The number of nitrogen functional groups attached to an aromatic ring is 1. The Kier molecular flexibility index (Phi) is 4.41. The molecule has 0 saturated carbocycles. The molecule has 0 saturated heterocycles. The van der Waals surface area contributed by atoms with Crippen LogP contribution in [0.5, 0.6) is 0 Å². The van der Waals surface area contributed by atoms with Gasteiger partial charge in [-0.1, -0.05) is 17.7 Å². The lowest BCUT2D eigenvalue weighted by Gasteiger charge is -2.09. The van der Waals surface area contributed by atoms with Crippen LogP contribution in [0.15, 0.2) is 36.4 Å². The number of benzene rings is 2. The van der Waals surface area contributed by atoms with Crippen molar-refractivity contribution in [3.8, 4) is 6.07 Å². The molecule has 0 atom stereocenters. The van der Waals surface area contributed by atoms with Crippen LogP contribution in [-0.2, 0) is 11.3 Å². The van der Waals surface area contributed by atoms with Crippen LogP contribution in [0.4, 0.5) is 10.1 Å². The topological polar surface area (TPSA) is 76.1 Å². The second kappa shape index (κ2) is 6.25. The van der Waals surface area contributed by atoms with Crippen LogP contribution in [0.2, 0.25) is 5.02 Å². The van der Waals surface area contributed by atoms with Crippen LogP contribution in [-0.4, -0.2) is 5.97 Å². The van der Waals surface area contributed by atoms with Gasteiger partial charge in [0.15, 0.2) is 0 Å². The zero-order chi connectivity index (χ0) is 15.4. The zero-order valence-corrected chi connectivity index (χ0v) is 11.5. The average Bonchev–Trinajstić information content (AvgIpc) is 2.46. The van der Waals surface area contributed by atoms with Gasteiger partial charge in [-0.2, -0.15) is 5.26 Å². The number of ether oxygens (including phenoxy) is 1. The molecule has 6 heteroatoms. The smallest absolute Gasteiger partial charge is 0.342 e. The Labute approximate surface area is 125 Å². The van der Waals surface area contributed by atoms with Crippen LogP contribution in [0.25, 0.3) is 0 Å². The number of anilines is 1. The highest BCUT2D eigenvalue weighted by molar-refractivity contribution is 6.34. The van der Waals surface area contributed by atoms with Crippen LogP contribution in [0, 0.1) is 17.1 Å². The molecule has 0 bridgehead atoms. The van der Waals surface area contributed by atoms with Crippen molar-refractivity contribution in [3.63, 3.8) is 0 Å². The highest BCUT2D eigenvalue weighted by atomic mass is 35.5. The van der Waals surface area contributed by atoms with Gasteiger partial charge >= 0.3 is 5.97 Å². The minimum absolute atomic E-state index is 0.0380. The molecule has 0 aliphatic heterocycles. The van der Waals surface area contributed by atoms with Gasteiger partial charge in [0.1, 0.15) is 18.0 Å². The van der Waals surface area contributed by atoms with Crippen molar-refractivity contribution in [1.29, 1.82) is 5.26 Å². The molecule has 21 heavy (non-hydrogen) atoms. The SMILES string of the molecule is N#Cc1ccc(F)c(COC(=O)c2c(N)cccc2Cl)c1. The minimum Gasteiger partial charge on any atom is -0.457 e. The van der Waals surface area contributed by atoms with Crippen LogP contribution < -0.4 is 5.73 Å². The maximum absolute atomic E-state index is 13.6. The molecule has 2 aromatic carbocycles. The standard InChI is InChI=1S/C15H10ClFN2O2/c16-11-2-1-3-13(19)14(11)15(20)21-8-10-6-9(7-18)4-5-12(10)17/h1-6H,8,19H2. The Hall–Kier alpha value is -2.58. The monoisotopic (exact) mass is 304 g/mol. The van der Waals surface area contributed by atoms with Crippen molar-refractivity contribution in [1.82, 2.24) is 0 Å². The van der Waals surface area contributed by atoms with Crippen molar-refractivity contribution in [2.45, 2.75) is 6.61 Å². The molecule has 0 radical (unpaired) electrons. The van der Waals surface area contributed by atoms with E-state index in [0.29, 0.717) is 0 Å². The van der Waals surface area contributed by atoms with E-state index >= 15 is 0 Å². The van der Waals surface area contributed by atoms with Gasteiger partial charge in [0, 0.05) is 11.3 Å². The van der Waals surface area contributed by atoms with Gasteiger partial charge in [0.25, 0.3) is 0 Å². The quantitative estimate of drug-likeness (QED) is 0.697. The molecule has 0 amide bonds. The average molecular weight is 305 g/mol. The van der Waals surface area contributed by atoms with E-state index in [2.05, 4.69) is 0 Å². The summed E-state index contributed by atoms with van der Waals surface area (Å²) in [5.74, 6) is -1.31. The number of esters is 1. The molecule has 106 valence electrons. The number of hydrogen-bond acceptors (Lipinski definition) is 4. The summed E-state index contributed by atoms with van der Waals surface area (Å²) < 4.78 is 18.6. The molecule has 0 spiro atoms. The van der Waals surface area contributed by atoms with Gasteiger partial charge in [0.05, 0.1) is 16.7 Å². The fraction of sp³-hybridized carbons (Fsp3) is 0.0667. The fourth-order valence-corrected chi connectivity index (χ4v) is 1.99. The third-order valence-electron chi connectivity index (χ3n) is 2.78. The lowest BCUT2D eigenvalue weighted by Crippen LogP contribution is -2.09. The molecule has 0 aromatic heterocycles. The summed E-state index contributed by atoms with van der Waals surface area (Å²) in [4.78, 5) is 12.0. The van der Waals surface area contributed by atoms with E-state index in [0.717, 1.165) is 6.07 Å². The number of carbonyl (C=O) groups excluding carboxylic acids is 1. The molecular formula is C15H10ClFN2O2. The summed E-state index contributed by atoms with van der Waals surface area (Å²) in [6, 6.07) is 10.3. The minimum atomic E-state index is -0.750. The van der Waals surface area contributed by atoms with Crippen molar-refractivity contribution in [2.75, 3.05) is 5.73 Å². The third kappa shape index (κ3) is 3.30. The van der Waals surface area contributed by atoms with Gasteiger partial charge in [0.2, 0.25) is 0 Å². The molecule has 2 rings (SSSR count). The van der Waals surface area contributed by atoms with Gasteiger partial charge in [-0.25, -0.2) is 9.18 Å². The van der Waals surface area contributed by atoms with Gasteiger partial charge in [-0.15, -0.1) is 0 Å². The van der Waals surface area contributed by atoms with E-state index in [9.17, 15) is 9.18 Å². The van der Waals surface area contributed by atoms with E-state index in [1.165, 1.54) is 24.3 Å². The predicted molar refractivity (Wildman–Crippen MR) is 76.1 cm³/mol. The van der Waals surface area contributed by atoms with E-state index in [1.54, 1.807) is 6.07 Å². The first kappa shape index (κ1) is 14.8. The Balaban J connectivity index is 2.17. The predicted octanol–water partition coefficient (Wildman–Crippen LogP) is 3.29. The normalized spacial score (nSPS) is 9.95. The van der Waals surface area contributed by atoms with Crippen molar-refractivity contribution >= 4 is 23.3 Å². The van der Waals surface area contributed by atoms with Crippen molar-refractivity contribution in [3.05, 3.63) is 63.9 Å². The molecule has 0 aliphatic carbocycles. The summed E-state index contributed by atoms with van der Waals surface area (Å²) >= 11 is 5.89. The maximum atomic E-state index is 13.6. The first-order chi connectivity index (χ1) is 10.0. The number of nitrogens with two attached hydrogens (primary N) is 1. The highest BCUT2D eigenvalue weighted by Gasteiger charge is 2.16. The number of nitrogens with zero attached hydrogens (tertiary/aromatic N) is 1. The highest BCUT2D eigenvalue weighted by Crippen LogP contribution is 2.23. The van der Waals surface area contributed by atoms with E-state index in [1.807, 2.05) is 6.07 Å². The first-order valence-corrected chi connectivity index (χ1v) is 6.30. The summed E-state index contributed by atoms with van der Waals surface area (Å²) in [7, 11) is 0. The number of halogens is 2. The molecular weight excluding hydrogens is 295 g/mol. The molecule has 2 aromatic rings.